The molecule has 3 N–H and O–H groups in total. The van der Waals surface area contributed by atoms with Crippen LogP contribution in [-0.2, 0) is 24.1 Å². The average Bonchev–Trinajstić information content (AvgIpc) is 2.83. The minimum Gasteiger partial charge on any atom is -0.399 e. The van der Waals surface area contributed by atoms with Crippen LogP contribution in [0.4, 0.5) is 11.5 Å². The summed E-state index contributed by atoms with van der Waals surface area (Å²) in [5.41, 5.74) is 13.3. The summed E-state index contributed by atoms with van der Waals surface area (Å²) in [6.07, 6.45) is 5.77. The molecule has 162 valence electrons. The van der Waals surface area contributed by atoms with Crippen LogP contribution in [-0.4, -0.2) is 15.9 Å². The Morgan fingerprint density at radius 3 is 2.45 bits per heavy atom. The van der Waals surface area contributed by atoms with Gasteiger partial charge in [0, 0.05) is 11.3 Å². The van der Waals surface area contributed by atoms with Crippen molar-refractivity contribution in [2.75, 3.05) is 11.1 Å². The zero-order valence-corrected chi connectivity index (χ0v) is 18.2. The van der Waals surface area contributed by atoms with E-state index >= 15 is 0 Å². The number of amides is 1. The first-order chi connectivity index (χ1) is 16.2. The van der Waals surface area contributed by atoms with E-state index in [-0.39, 0.29) is 12.3 Å². The predicted molar refractivity (Wildman–Crippen MR) is 133 cm³/mol. The number of hydrogen-bond acceptors (Lipinski definition) is 4. The van der Waals surface area contributed by atoms with Crippen LogP contribution in [0.25, 0.3) is 23.4 Å². The standard InChI is InChI=1S/C28H24N4O/c29-22-13-14-23-21(18-22)12-16-24-27(23)30-25(15-11-19-7-3-1-4-8-19)28(31-24)32-26(33)17-20-9-5-2-6-10-20/h1-11,13-15,18H,12,16-17,29H2,(H,31,32,33). The van der Waals surface area contributed by atoms with E-state index in [4.69, 9.17) is 15.7 Å². The minimum absolute atomic E-state index is 0.117. The third kappa shape index (κ3) is 4.67. The molecule has 0 fully saturated rings. The van der Waals surface area contributed by atoms with Crippen molar-refractivity contribution in [1.82, 2.24) is 9.97 Å². The summed E-state index contributed by atoms with van der Waals surface area (Å²) in [6.45, 7) is 0. The summed E-state index contributed by atoms with van der Waals surface area (Å²) in [6, 6.07) is 25.6. The van der Waals surface area contributed by atoms with Crippen molar-refractivity contribution >= 4 is 29.6 Å². The highest BCUT2D eigenvalue weighted by Crippen LogP contribution is 2.34. The topological polar surface area (TPSA) is 80.9 Å². The number of rotatable bonds is 5. The van der Waals surface area contributed by atoms with E-state index in [9.17, 15) is 4.79 Å². The van der Waals surface area contributed by atoms with E-state index in [2.05, 4.69) is 5.32 Å². The highest BCUT2D eigenvalue weighted by Gasteiger charge is 2.22. The van der Waals surface area contributed by atoms with Crippen molar-refractivity contribution in [3.05, 3.63) is 107 Å². The number of fused-ring (bicyclic) bond motifs is 3. The van der Waals surface area contributed by atoms with Crippen LogP contribution in [0.3, 0.4) is 0 Å². The van der Waals surface area contributed by atoms with Gasteiger partial charge >= 0.3 is 0 Å². The number of carbonyl (C=O) groups excluding carboxylic acids is 1. The van der Waals surface area contributed by atoms with Gasteiger partial charge in [0.05, 0.1) is 17.8 Å². The van der Waals surface area contributed by atoms with Gasteiger partial charge in [-0.25, -0.2) is 9.97 Å². The van der Waals surface area contributed by atoms with Gasteiger partial charge < -0.3 is 11.1 Å². The molecule has 0 saturated heterocycles. The summed E-state index contributed by atoms with van der Waals surface area (Å²) >= 11 is 0. The molecule has 0 saturated carbocycles. The molecular formula is C28H24N4O. The van der Waals surface area contributed by atoms with Crippen molar-refractivity contribution in [3.8, 4) is 11.3 Å². The van der Waals surface area contributed by atoms with Gasteiger partial charge in [0.1, 0.15) is 5.69 Å². The Labute approximate surface area is 193 Å². The molecule has 1 heterocycles. The van der Waals surface area contributed by atoms with Crippen molar-refractivity contribution in [2.24, 2.45) is 0 Å². The zero-order chi connectivity index (χ0) is 22.6. The minimum atomic E-state index is -0.117. The van der Waals surface area contributed by atoms with Crippen LogP contribution in [0, 0.1) is 0 Å². The van der Waals surface area contributed by atoms with Crippen LogP contribution in [0.5, 0.6) is 0 Å². The molecule has 33 heavy (non-hydrogen) atoms. The van der Waals surface area contributed by atoms with Gasteiger partial charge in [-0.3, -0.25) is 4.79 Å². The summed E-state index contributed by atoms with van der Waals surface area (Å²) < 4.78 is 0. The number of nitrogens with one attached hydrogen (secondary N) is 1. The highest BCUT2D eigenvalue weighted by molar-refractivity contribution is 5.94. The number of carbonyl (C=O) groups is 1. The number of anilines is 2. The molecular weight excluding hydrogens is 408 g/mol. The van der Waals surface area contributed by atoms with Gasteiger partial charge in [0.15, 0.2) is 5.82 Å². The fourth-order valence-corrected chi connectivity index (χ4v) is 4.08. The summed E-state index contributed by atoms with van der Waals surface area (Å²) in [4.78, 5) is 22.6. The lowest BCUT2D eigenvalue weighted by atomic mass is 9.91. The number of nitrogens with two attached hydrogens (primary N) is 1. The largest absolute Gasteiger partial charge is 0.399 e. The average molecular weight is 433 g/mol. The molecule has 1 aliphatic carbocycles. The second kappa shape index (κ2) is 9.09. The first-order valence-electron chi connectivity index (χ1n) is 11.0. The van der Waals surface area contributed by atoms with Gasteiger partial charge in [0.2, 0.25) is 5.91 Å². The first kappa shape index (κ1) is 20.6. The Morgan fingerprint density at radius 1 is 0.909 bits per heavy atom. The Kier molecular flexibility index (Phi) is 5.68. The van der Waals surface area contributed by atoms with Crippen molar-refractivity contribution < 1.29 is 4.79 Å². The molecule has 5 heteroatoms. The molecule has 0 atom stereocenters. The van der Waals surface area contributed by atoms with E-state index in [0.29, 0.717) is 11.5 Å². The first-order valence-corrected chi connectivity index (χ1v) is 11.0. The monoisotopic (exact) mass is 432 g/mol. The summed E-state index contributed by atoms with van der Waals surface area (Å²) in [5, 5.41) is 2.99. The smallest absolute Gasteiger partial charge is 0.230 e. The van der Waals surface area contributed by atoms with Crippen molar-refractivity contribution in [2.45, 2.75) is 19.3 Å². The quantitative estimate of drug-likeness (QED) is 0.426. The molecule has 1 aromatic heterocycles. The normalized spacial score (nSPS) is 12.2. The molecule has 0 spiro atoms. The predicted octanol–water partition coefficient (Wildman–Crippen LogP) is 5.18. The number of nitrogen functional groups attached to an aromatic ring is 1. The molecule has 0 aliphatic heterocycles. The van der Waals surface area contributed by atoms with E-state index in [1.807, 2.05) is 91.0 Å². The van der Waals surface area contributed by atoms with Crippen LogP contribution in [0.1, 0.15) is 28.1 Å². The van der Waals surface area contributed by atoms with E-state index < -0.39 is 0 Å². The maximum absolute atomic E-state index is 12.8. The molecule has 5 rings (SSSR count). The lowest BCUT2D eigenvalue weighted by molar-refractivity contribution is -0.115. The van der Waals surface area contributed by atoms with E-state index in [1.165, 1.54) is 5.56 Å². The Hall–Kier alpha value is -4.25. The third-order valence-corrected chi connectivity index (χ3v) is 5.71. The Bertz CT molecular complexity index is 1330. The Morgan fingerprint density at radius 2 is 1.67 bits per heavy atom. The number of hydrogen-bond donors (Lipinski definition) is 2. The van der Waals surface area contributed by atoms with Crippen LogP contribution in [0.15, 0.2) is 78.9 Å². The lowest BCUT2D eigenvalue weighted by Gasteiger charge is -2.20. The maximum atomic E-state index is 12.8. The van der Waals surface area contributed by atoms with Crippen LogP contribution in [0.2, 0.25) is 0 Å². The second-order valence-electron chi connectivity index (χ2n) is 8.12. The molecule has 3 aromatic carbocycles. The van der Waals surface area contributed by atoms with Gasteiger partial charge in [-0.05, 0) is 47.7 Å². The highest BCUT2D eigenvalue weighted by atomic mass is 16.1. The number of nitrogens with zero attached hydrogens (tertiary/aromatic N) is 2. The summed E-state index contributed by atoms with van der Waals surface area (Å²) in [5.74, 6) is 0.370. The molecule has 1 amide bonds. The van der Waals surface area contributed by atoms with Crippen molar-refractivity contribution in [3.63, 3.8) is 0 Å². The number of aryl methyl sites for hydroxylation is 2. The van der Waals surface area contributed by atoms with Gasteiger partial charge in [0.25, 0.3) is 0 Å². The van der Waals surface area contributed by atoms with E-state index in [0.717, 1.165) is 46.6 Å². The van der Waals surface area contributed by atoms with Crippen LogP contribution < -0.4 is 11.1 Å². The van der Waals surface area contributed by atoms with Gasteiger partial charge in [-0.15, -0.1) is 0 Å². The molecule has 0 unspecified atom stereocenters. The molecule has 1 aliphatic rings. The number of aromatic nitrogens is 2. The second-order valence-corrected chi connectivity index (χ2v) is 8.12. The fourth-order valence-electron chi connectivity index (χ4n) is 4.08. The zero-order valence-electron chi connectivity index (χ0n) is 18.2. The fraction of sp³-hybridized carbons (Fsp3) is 0.107. The van der Waals surface area contributed by atoms with Gasteiger partial charge in [-0.1, -0.05) is 72.8 Å². The SMILES string of the molecule is Nc1ccc2c(c1)CCc1nc(NC(=O)Cc3ccccc3)c(C=Cc3ccccc3)nc1-2. The van der Waals surface area contributed by atoms with Crippen LogP contribution >= 0.6 is 0 Å². The third-order valence-electron chi connectivity index (χ3n) is 5.71. The summed E-state index contributed by atoms with van der Waals surface area (Å²) in [7, 11) is 0. The van der Waals surface area contributed by atoms with E-state index in [1.54, 1.807) is 0 Å². The molecule has 5 nitrogen and oxygen atoms in total. The lowest BCUT2D eigenvalue weighted by Crippen LogP contribution is -2.19. The Balaban J connectivity index is 1.52. The molecule has 4 aromatic rings. The van der Waals surface area contributed by atoms with Crippen molar-refractivity contribution in [1.29, 1.82) is 0 Å². The number of benzene rings is 3. The molecule has 0 bridgehead atoms. The van der Waals surface area contributed by atoms with Gasteiger partial charge in [-0.2, -0.15) is 0 Å². The molecule has 0 radical (unpaired) electrons. The maximum Gasteiger partial charge on any atom is 0.230 e.